The molecular weight excluding hydrogens is 554 g/mol. The highest BCUT2D eigenvalue weighted by Crippen LogP contribution is 2.52. The Balaban J connectivity index is 1.35. The first-order chi connectivity index (χ1) is 20.2. The van der Waals surface area contributed by atoms with E-state index in [0.717, 1.165) is 31.2 Å². The third-order valence-corrected chi connectivity index (χ3v) is 9.56. The summed E-state index contributed by atoms with van der Waals surface area (Å²) in [6.45, 7) is 3.93. The molecule has 42 heavy (non-hydrogen) atoms. The molecule has 3 N–H and O–H groups in total. The van der Waals surface area contributed by atoms with Crippen molar-refractivity contribution in [3.8, 4) is 5.75 Å². The third-order valence-electron chi connectivity index (χ3n) is 8.24. The van der Waals surface area contributed by atoms with Crippen LogP contribution in [0, 0.1) is 5.92 Å². The van der Waals surface area contributed by atoms with Crippen LogP contribution in [0.4, 0.5) is 5.69 Å². The molecule has 0 amide bonds. The summed E-state index contributed by atoms with van der Waals surface area (Å²) in [7, 11) is -4.10. The molecule has 2 unspecified atom stereocenters. The second kappa shape index (κ2) is 10.7. The Hall–Kier alpha value is -4.51. The first kappa shape index (κ1) is 27.6. The van der Waals surface area contributed by atoms with Crippen LogP contribution in [0.5, 0.6) is 5.75 Å². The van der Waals surface area contributed by atoms with E-state index in [1.165, 1.54) is 6.33 Å². The van der Waals surface area contributed by atoms with E-state index in [-0.39, 0.29) is 39.3 Å². The molecule has 0 bridgehead atoms. The van der Waals surface area contributed by atoms with Crippen molar-refractivity contribution in [3.05, 3.63) is 106 Å². The van der Waals surface area contributed by atoms with Crippen LogP contribution < -0.4 is 10.3 Å². The lowest BCUT2D eigenvalue weighted by Crippen LogP contribution is -2.33. The molecule has 2 aromatic carbocycles. The topological polar surface area (TPSA) is 151 Å². The molecule has 6 rings (SSSR count). The maximum absolute atomic E-state index is 13.6. The van der Waals surface area contributed by atoms with E-state index >= 15 is 0 Å². The standard InChI is InChI=1S/C31H31N5O5S/c1-3-20(14-19-8-5-4-6-9-19)25-16-24(37)26(30(38)41-25)31(2,21-12-13-21)22-10-7-11-23(15-22)36-42(39,40)29-27-28(33-17-32-27)34-18-35-29/h4-11,15-18,20-21,36-37H,3,12-14H2,1-2H3,(H,32,33,34,35). The summed E-state index contributed by atoms with van der Waals surface area (Å²) in [6.07, 6.45) is 5.63. The van der Waals surface area contributed by atoms with E-state index in [4.69, 9.17) is 4.42 Å². The summed E-state index contributed by atoms with van der Waals surface area (Å²) < 4.78 is 35.1. The molecule has 0 radical (unpaired) electrons. The number of sulfonamides is 1. The second-order valence-corrected chi connectivity index (χ2v) is 12.5. The predicted octanol–water partition coefficient (Wildman–Crippen LogP) is 5.26. The van der Waals surface area contributed by atoms with Gasteiger partial charge in [-0.2, -0.15) is 8.42 Å². The number of nitrogens with one attached hydrogen (secondary N) is 2. The Morgan fingerprint density at radius 1 is 1.10 bits per heavy atom. The van der Waals surface area contributed by atoms with Crippen LogP contribution in [-0.4, -0.2) is 33.5 Å². The van der Waals surface area contributed by atoms with Crippen LogP contribution >= 0.6 is 0 Å². The molecule has 216 valence electrons. The number of aromatic nitrogens is 4. The molecule has 0 saturated heterocycles. The van der Waals surface area contributed by atoms with E-state index in [2.05, 4.69) is 24.7 Å². The zero-order chi connectivity index (χ0) is 29.5. The van der Waals surface area contributed by atoms with Gasteiger partial charge in [0.1, 0.15) is 23.4 Å². The summed E-state index contributed by atoms with van der Waals surface area (Å²) in [5.74, 6) is 0.327. The van der Waals surface area contributed by atoms with Gasteiger partial charge in [0.05, 0.1) is 11.9 Å². The van der Waals surface area contributed by atoms with E-state index in [1.807, 2.05) is 50.2 Å². The normalized spacial score (nSPS) is 15.8. The predicted molar refractivity (Wildman–Crippen MR) is 158 cm³/mol. The first-order valence-electron chi connectivity index (χ1n) is 13.9. The fourth-order valence-corrected chi connectivity index (χ4v) is 6.96. The lowest BCUT2D eigenvalue weighted by Gasteiger charge is -2.31. The highest BCUT2D eigenvalue weighted by Gasteiger charge is 2.48. The molecule has 5 aromatic rings. The highest BCUT2D eigenvalue weighted by atomic mass is 32.2. The summed E-state index contributed by atoms with van der Waals surface area (Å²) in [5.41, 5.74) is 1.22. The zero-order valence-corrected chi connectivity index (χ0v) is 24.1. The van der Waals surface area contributed by atoms with Gasteiger partial charge in [0.25, 0.3) is 10.0 Å². The Morgan fingerprint density at radius 3 is 2.60 bits per heavy atom. The van der Waals surface area contributed by atoms with E-state index in [9.17, 15) is 18.3 Å². The molecule has 1 aliphatic rings. The smallest absolute Gasteiger partial charge is 0.343 e. The largest absolute Gasteiger partial charge is 0.507 e. The Morgan fingerprint density at radius 2 is 1.88 bits per heavy atom. The maximum Gasteiger partial charge on any atom is 0.343 e. The molecule has 0 spiro atoms. The van der Waals surface area contributed by atoms with E-state index < -0.39 is 21.1 Å². The van der Waals surface area contributed by atoms with Crippen LogP contribution in [0.25, 0.3) is 11.2 Å². The fraction of sp³-hybridized carbons (Fsp3) is 0.290. The average Bonchev–Trinajstić information content (AvgIpc) is 3.73. The Labute approximate surface area is 243 Å². The van der Waals surface area contributed by atoms with Gasteiger partial charge in [0.2, 0.25) is 5.03 Å². The fourth-order valence-electron chi connectivity index (χ4n) is 5.82. The molecule has 1 fully saturated rings. The Bertz CT molecular complexity index is 1920. The number of H-pyrrole nitrogens is 1. The summed E-state index contributed by atoms with van der Waals surface area (Å²) in [5, 5.41) is 11.1. The van der Waals surface area contributed by atoms with Crippen molar-refractivity contribution in [2.45, 2.75) is 55.9 Å². The molecule has 3 aromatic heterocycles. The maximum atomic E-state index is 13.6. The number of fused-ring (bicyclic) bond motifs is 1. The van der Waals surface area contributed by atoms with Gasteiger partial charge >= 0.3 is 5.63 Å². The van der Waals surface area contributed by atoms with Crippen LogP contribution in [0.15, 0.2) is 87.6 Å². The minimum Gasteiger partial charge on any atom is -0.507 e. The molecule has 1 aliphatic carbocycles. The quantitative estimate of drug-likeness (QED) is 0.188. The van der Waals surface area contributed by atoms with Gasteiger partial charge in [0, 0.05) is 23.1 Å². The van der Waals surface area contributed by atoms with Gasteiger partial charge in [0.15, 0.2) is 5.65 Å². The monoisotopic (exact) mass is 585 g/mol. The van der Waals surface area contributed by atoms with Crippen molar-refractivity contribution in [3.63, 3.8) is 0 Å². The van der Waals surface area contributed by atoms with E-state index in [0.29, 0.717) is 23.4 Å². The third kappa shape index (κ3) is 5.04. The number of aromatic amines is 1. The van der Waals surface area contributed by atoms with Gasteiger partial charge < -0.3 is 14.5 Å². The number of nitrogens with zero attached hydrogens (tertiary/aromatic N) is 3. The lowest BCUT2D eigenvalue weighted by molar-refractivity contribution is 0.357. The number of hydrogen-bond donors (Lipinski definition) is 3. The number of hydrogen-bond acceptors (Lipinski definition) is 8. The van der Waals surface area contributed by atoms with Crippen molar-refractivity contribution in [2.24, 2.45) is 5.92 Å². The van der Waals surface area contributed by atoms with Crippen LogP contribution in [0.3, 0.4) is 0 Å². The molecule has 1 saturated carbocycles. The number of benzene rings is 2. The van der Waals surface area contributed by atoms with Crippen molar-refractivity contribution < 1.29 is 17.9 Å². The van der Waals surface area contributed by atoms with Gasteiger partial charge in [-0.05, 0) is 54.9 Å². The summed E-state index contributed by atoms with van der Waals surface area (Å²) >= 11 is 0. The number of imidazole rings is 1. The van der Waals surface area contributed by atoms with Crippen LogP contribution in [0.1, 0.15) is 61.5 Å². The number of aromatic hydroxyl groups is 1. The van der Waals surface area contributed by atoms with Gasteiger partial charge in [-0.25, -0.2) is 19.7 Å². The van der Waals surface area contributed by atoms with Gasteiger partial charge in [-0.3, -0.25) is 4.72 Å². The van der Waals surface area contributed by atoms with Crippen LogP contribution in [-0.2, 0) is 21.9 Å². The second-order valence-electron chi connectivity index (χ2n) is 10.9. The molecular formula is C31H31N5O5S. The number of rotatable bonds is 10. The molecule has 10 nitrogen and oxygen atoms in total. The average molecular weight is 586 g/mol. The first-order valence-corrected chi connectivity index (χ1v) is 15.4. The van der Waals surface area contributed by atoms with Crippen molar-refractivity contribution in [1.29, 1.82) is 0 Å². The zero-order valence-electron chi connectivity index (χ0n) is 23.2. The van der Waals surface area contributed by atoms with E-state index in [1.54, 1.807) is 24.3 Å². The highest BCUT2D eigenvalue weighted by molar-refractivity contribution is 7.92. The minimum absolute atomic E-state index is 0.0711. The lowest BCUT2D eigenvalue weighted by atomic mass is 9.72. The van der Waals surface area contributed by atoms with Crippen molar-refractivity contribution >= 4 is 26.9 Å². The molecule has 11 heteroatoms. The van der Waals surface area contributed by atoms with Crippen LogP contribution in [0.2, 0.25) is 0 Å². The van der Waals surface area contributed by atoms with Crippen molar-refractivity contribution in [2.75, 3.05) is 4.72 Å². The summed E-state index contributed by atoms with van der Waals surface area (Å²) in [4.78, 5) is 28.3. The van der Waals surface area contributed by atoms with Gasteiger partial charge in [-0.15, -0.1) is 0 Å². The Kier molecular flexibility index (Phi) is 7.05. The van der Waals surface area contributed by atoms with Crippen molar-refractivity contribution in [1.82, 2.24) is 19.9 Å². The van der Waals surface area contributed by atoms with Gasteiger partial charge in [-0.1, -0.05) is 56.3 Å². The summed E-state index contributed by atoms with van der Waals surface area (Å²) in [6, 6.07) is 18.4. The SMILES string of the molecule is CCC(Cc1ccccc1)c1cc(O)c(C(C)(c2cccc(NS(=O)(=O)c3ncnc4nc[nH]c34)c2)C2CC2)c(=O)o1. The molecule has 3 heterocycles. The molecule has 2 atom stereocenters. The minimum atomic E-state index is -4.10. The number of anilines is 1. The molecule has 0 aliphatic heterocycles.